The Balaban J connectivity index is 1.67. The van der Waals surface area contributed by atoms with Gasteiger partial charge in [0.05, 0.1) is 16.0 Å². The molecule has 28 heavy (non-hydrogen) atoms. The van der Waals surface area contributed by atoms with Gasteiger partial charge >= 0.3 is 0 Å². The van der Waals surface area contributed by atoms with Crippen molar-refractivity contribution in [3.8, 4) is 0 Å². The molecule has 0 saturated carbocycles. The lowest BCUT2D eigenvalue weighted by Gasteiger charge is -2.08. The molecule has 138 valence electrons. The number of hydrogen-bond donors (Lipinski definition) is 0. The quantitative estimate of drug-likeness (QED) is 0.275. The van der Waals surface area contributed by atoms with Crippen molar-refractivity contribution in [2.45, 2.75) is 10.9 Å². The normalized spacial score (nSPS) is 10.9. The van der Waals surface area contributed by atoms with Crippen LogP contribution in [-0.2, 0) is 5.75 Å². The molecule has 1 heterocycles. The van der Waals surface area contributed by atoms with Gasteiger partial charge in [-0.1, -0.05) is 54.2 Å². The SMILES string of the molecule is O=C(c1ccccc1)n1c(SCc2ccc([N+](=O)[O-])cc2)nc2ccccc21. The molecule has 0 unspecified atom stereocenters. The van der Waals surface area contributed by atoms with Gasteiger partial charge in [0.15, 0.2) is 5.16 Å². The van der Waals surface area contributed by atoms with Crippen LogP contribution in [0.15, 0.2) is 84.0 Å². The number of benzene rings is 3. The molecule has 0 aliphatic carbocycles. The van der Waals surface area contributed by atoms with Crippen molar-refractivity contribution in [2.24, 2.45) is 0 Å². The number of nitro benzene ring substituents is 1. The Morgan fingerprint density at radius 1 is 0.964 bits per heavy atom. The molecule has 0 aliphatic heterocycles. The fourth-order valence-electron chi connectivity index (χ4n) is 2.87. The molecular weight excluding hydrogens is 374 g/mol. The van der Waals surface area contributed by atoms with E-state index in [-0.39, 0.29) is 11.6 Å². The topological polar surface area (TPSA) is 78.0 Å². The Kier molecular flexibility index (Phi) is 4.90. The molecule has 0 amide bonds. The third-order valence-electron chi connectivity index (χ3n) is 4.27. The van der Waals surface area contributed by atoms with E-state index in [0.29, 0.717) is 16.5 Å². The lowest BCUT2D eigenvalue weighted by atomic mass is 10.2. The highest BCUT2D eigenvalue weighted by Gasteiger charge is 2.18. The average molecular weight is 389 g/mol. The predicted octanol–water partition coefficient (Wildman–Crippen LogP) is 4.93. The number of nitrogens with zero attached hydrogens (tertiary/aromatic N) is 3. The average Bonchev–Trinajstić information content (AvgIpc) is 3.11. The van der Waals surface area contributed by atoms with Crippen molar-refractivity contribution < 1.29 is 9.72 Å². The summed E-state index contributed by atoms with van der Waals surface area (Å²) in [4.78, 5) is 28.1. The number of imidazole rings is 1. The van der Waals surface area contributed by atoms with Crippen molar-refractivity contribution in [1.29, 1.82) is 0 Å². The molecule has 4 rings (SSSR count). The second kappa shape index (κ2) is 7.66. The Morgan fingerprint density at radius 3 is 2.36 bits per heavy atom. The summed E-state index contributed by atoms with van der Waals surface area (Å²) in [5.74, 6) is 0.407. The maximum Gasteiger partial charge on any atom is 0.269 e. The van der Waals surface area contributed by atoms with Crippen LogP contribution in [0.2, 0.25) is 0 Å². The summed E-state index contributed by atoms with van der Waals surface area (Å²) in [6, 6.07) is 23.0. The van der Waals surface area contributed by atoms with Gasteiger partial charge in [0, 0.05) is 23.4 Å². The van der Waals surface area contributed by atoms with E-state index in [1.54, 1.807) is 28.8 Å². The van der Waals surface area contributed by atoms with Crippen LogP contribution >= 0.6 is 11.8 Å². The van der Waals surface area contributed by atoms with Gasteiger partial charge in [-0.05, 0) is 29.8 Å². The number of thioether (sulfide) groups is 1. The van der Waals surface area contributed by atoms with Crippen LogP contribution in [-0.4, -0.2) is 20.4 Å². The van der Waals surface area contributed by atoms with Crippen LogP contribution < -0.4 is 0 Å². The van der Waals surface area contributed by atoms with Crippen molar-refractivity contribution in [3.05, 3.63) is 100 Å². The fraction of sp³-hybridized carbons (Fsp3) is 0.0476. The van der Waals surface area contributed by atoms with Gasteiger partial charge in [-0.2, -0.15) is 0 Å². The summed E-state index contributed by atoms with van der Waals surface area (Å²) in [5.41, 5.74) is 3.06. The maximum atomic E-state index is 13.1. The standard InChI is InChI=1S/C21H15N3O3S/c25-20(16-6-2-1-3-7-16)23-19-9-5-4-8-18(19)22-21(23)28-14-15-10-12-17(13-11-15)24(26)27/h1-13H,14H2. The summed E-state index contributed by atoms with van der Waals surface area (Å²) in [5, 5.41) is 11.4. The molecule has 0 radical (unpaired) electrons. The van der Waals surface area contributed by atoms with E-state index in [1.165, 1.54) is 23.9 Å². The predicted molar refractivity (Wildman–Crippen MR) is 109 cm³/mol. The number of carbonyl (C=O) groups excluding carboxylic acids is 1. The number of rotatable bonds is 5. The van der Waals surface area contributed by atoms with E-state index in [9.17, 15) is 14.9 Å². The van der Waals surface area contributed by atoms with E-state index in [1.807, 2.05) is 42.5 Å². The number of non-ortho nitro benzene ring substituents is 1. The van der Waals surface area contributed by atoms with Gasteiger partial charge in [0.25, 0.3) is 11.6 Å². The molecule has 4 aromatic rings. The van der Waals surface area contributed by atoms with Crippen molar-refractivity contribution >= 4 is 34.4 Å². The Bertz CT molecular complexity index is 1150. The van der Waals surface area contributed by atoms with E-state index < -0.39 is 4.92 Å². The Labute approximate surface area is 165 Å². The molecule has 0 spiro atoms. The van der Waals surface area contributed by atoms with E-state index in [2.05, 4.69) is 4.98 Å². The van der Waals surface area contributed by atoms with Gasteiger partial charge in [0.1, 0.15) is 0 Å². The molecule has 0 atom stereocenters. The van der Waals surface area contributed by atoms with Crippen LogP contribution in [0.4, 0.5) is 5.69 Å². The zero-order chi connectivity index (χ0) is 19.5. The van der Waals surface area contributed by atoms with Crippen LogP contribution in [0.5, 0.6) is 0 Å². The minimum Gasteiger partial charge on any atom is -0.268 e. The van der Waals surface area contributed by atoms with Crippen molar-refractivity contribution in [3.63, 3.8) is 0 Å². The second-order valence-corrected chi connectivity index (χ2v) is 7.04. The summed E-state index contributed by atoms with van der Waals surface area (Å²) >= 11 is 1.42. The lowest BCUT2D eigenvalue weighted by molar-refractivity contribution is -0.384. The van der Waals surface area contributed by atoms with Gasteiger partial charge in [-0.25, -0.2) is 4.98 Å². The highest BCUT2D eigenvalue weighted by Crippen LogP contribution is 2.28. The van der Waals surface area contributed by atoms with E-state index in [4.69, 9.17) is 0 Å². The summed E-state index contributed by atoms with van der Waals surface area (Å²) in [6.07, 6.45) is 0. The first-order chi connectivity index (χ1) is 13.6. The molecule has 7 heteroatoms. The number of para-hydroxylation sites is 2. The zero-order valence-corrected chi connectivity index (χ0v) is 15.5. The molecular formula is C21H15N3O3S. The third-order valence-corrected chi connectivity index (χ3v) is 5.28. The molecule has 6 nitrogen and oxygen atoms in total. The van der Waals surface area contributed by atoms with Gasteiger partial charge < -0.3 is 0 Å². The van der Waals surface area contributed by atoms with Gasteiger partial charge in [-0.15, -0.1) is 0 Å². The number of hydrogen-bond acceptors (Lipinski definition) is 5. The first kappa shape index (κ1) is 17.9. The number of nitro groups is 1. The number of carbonyl (C=O) groups is 1. The third kappa shape index (κ3) is 3.52. The van der Waals surface area contributed by atoms with Crippen LogP contribution in [0, 0.1) is 10.1 Å². The largest absolute Gasteiger partial charge is 0.269 e. The van der Waals surface area contributed by atoms with Crippen LogP contribution in [0.3, 0.4) is 0 Å². The molecule has 0 aliphatic rings. The van der Waals surface area contributed by atoms with Gasteiger partial charge in [-0.3, -0.25) is 19.5 Å². The van der Waals surface area contributed by atoms with Crippen LogP contribution in [0.25, 0.3) is 11.0 Å². The maximum absolute atomic E-state index is 13.1. The monoisotopic (exact) mass is 389 g/mol. The van der Waals surface area contributed by atoms with E-state index in [0.717, 1.165) is 16.6 Å². The first-order valence-corrected chi connectivity index (χ1v) is 9.55. The second-order valence-electron chi connectivity index (χ2n) is 6.10. The number of fused-ring (bicyclic) bond motifs is 1. The molecule has 0 N–H and O–H groups in total. The summed E-state index contributed by atoms with van der Waals surface area (Å²) < 4.78 is 1.63. The molecule has 3 aromatic carbocycles. The Morgan fingerprint density at radius 2 is 1.64 bits per heavy atom. The van der Waals surface area contributed by atoms with E-state index >= 15 is 0 Å². The zero-order valence-electron chi connectivity index (χ0n) is 14.7. The fourth-order valence-corrected chi connectivity index (χ4v) is 3.83. The van der Waals surface area contributed by atoms with Crippen molar-refractivity contribution in [2.75, 3.05) is 0 Å². The highest BCUT2D eigenvalue weighted by molar-refractivity contribution is 7.98. The highest BCUT2D eigenvalue weighted by atomic mass is 32.2. The van der Waals surface area contributed by atoms with Crippen molar-refractivity contribution in [1.82, 2.24) is 9.55 Å². The summed E-state index contributed by atoms with van der Waals surface area (Å²) in [6.45, 7) is 0. The summed E-state index contributed by atoms with van der Waals surface area (Å²) in [7, 11) is 0. The molecule has 0 saturated heterocycles. The molecule has 0 fully saturated rings. The minimum atomic E-state index is -0.422. The molecule has 0 bridgehead atoms. The lowest BCUT2D eigenvalue weighted by Crippen LogP contribution is -2.13. The first-order valence-electron chi connectivity index (χ1n) is 8.57. The van der Waals surface area contributed by atoms with Gasteiger partial charge in [0.2, 0.25) is 0 Å². The molecule has 1 aromatic heterocycles. The smallest absolute Gasteiger partial charge is 0.268 e. The van der Waals surface area contributed by atoms with Crippen LogP contribution in [0.1, 0.15) is 15.9 Å². The number of aromatic nitrogens is 2. The minimum absolute atomic E-state index is 0.0558. The Hall–Kier alpha value is -3.45.